The predicted octanol–water partition coefficient (Wildman–Crippen LogP) is 2.41. The third kappa shape index (κ3) is 3.15. The minimum absolute atomic E-state index is 0. The molecule has 0 spiro atoms. The zero-order valence-corrected chi connectivity index (χ0v) is 11.6. The van der Waals surface area contributed by atoms with Crippen LogP contribution in [0.3, 0.4) is 0 Å². The Hall–Kier alpha value is -0.697. The van der Waals surface area contributed by atoms with Crippen LogP contribution in [0.25, 0.3) is 11.0 Å². The van der Waals surface area contributed by atoms with Crippen LogP contribution in [0.15, 0.2) is 34.9 Å². The second-order valence-electron chi connectivity index (χ2n) is 4.02. The van der Waals surface area contributed by atoms with Crippen molar-refractivity contribution in [1.82, 2.24) is 5.32 Å². The third-order valence-corrected chi connectivity index (χ3v) is 2.62. The van der Waals surface area contributed by atoms with Crippen molar-refractivity contribution in [2.24, 2.45) is 0 Å². The van der Waals surface area contributed by atoms with Gasteiger partial charge in [-0.1, -0.05) is 19.9 Å². The molecule has 1 aromatic heterocycles. The summed E-state index contributed by atoms with van der Waals surface area (Å²) < 4.78 is 5.26. The van der Waals surface area contributed by atoms with Gasteiger partial charge in [-0.25, -0.2) is 6.54 Å². The van der Waals surface area contributed by atoms with Gasteiger partial charge in [-0.2, -0.15) is 0 Å². The summed E-state index contributed by atoms with van der Waals surface area (Å²) in [6.07, 6.45) is 1.65. The summed E-state index contributed by atoms with van der Waals surface area (Å²) >= 11 is 0. The van der Waals surface area contributed by atoms with Crippen molar-refractivity contribution >= 4 is 11.0 Å². The first-order valence-electron chi connectivity index (χ1n) is 5.41. The fourth-order valence-electron chi connectivity index (χ4n) is 1.67. The van der Waals surface area contributed by atoms with E-state index in [-0.39, 0.29) is 19.5 Å². The Morgan fingerprint density at radius 1 is 1.41 bits per heavy atom. The average molecular weight is 319 g/mol. The molecule has 1 aromatic carbocycles. The first-order chi connectivity index (χ1) is 7.63. The van der Waals surface area contributed by atoms with E-state index in [4.69, 9.17) is 4.42 Å². The maximum absolute atomic E-state index is 10.3. The van der Waals surface area contributed by atoms with E-state index in [1.807, 2.05) is 31.2 Å². The first kappa shape index (κ1) is 14.4. The number of benzene rings is 1. The summed E-state index contributed by atoms with van der Waals surface area (Å²) in [5.41, 5.74) is 0.715. The van der Waals surface area contributed by atoms with Gasteiger partial charge in [0, 0.05) is 5.39 Å². The molecular formula is C13H16NO2Ru. The Morgan fingerprint density at radius 3 is 2.88 bits per heavy atom. The van der Waals surface area contributed by atoms with Crippen LogP contribution in [0, 0.1) is 6.54 Å². The molecule has 0 saturated carbocycles. The molecule has 0 saturated heterocycles. The van der Waals surface area contributed by atoms with Gasteiger partial charge in [0.15, 0.2) is 0 Å². The van der Waals surface area contributed by atoms with Crippen molar-refractivity contribution < 1.29 is 29.0 Å². The number of furan rings is 1. The molecule has 0 aliphatic heterocycles. The number of rotatable bonds is 4. The van der Waals surface area contributed by atoms with E-state index in [9.17, 15) is 5.11 Å². The molecule has 1 radical (unpaired) electrons. The van der Waals surface area contributed by atoms with E-state index in [0.29, 0.717) is 0 Å². The van der Waals surface area contributed by atoms with Gasteiger partial charge in [-0.3, -0.25) is 0 Å². The number of hydrogen-bond donors (Lipinski definition) is 2. The monoisotopic (exact) mass is 320 g/mol. The molecule has 4 heteroatoms. The summed E-state index contributed by atoms with van der Waals surface area (Å²) in [6.45, 7) is 6.25. The van der Waals surface area contributed by atoms with E-state index in [0.717, 1.165) is 23.1 Å². The molecule has 0 bridgehead atoms. The van der Waals surface area contributed by atoms with E-state index in [1.54, 1.807) is 19.7 Å². The molecule has 0 aliphatic rings. The van der Waals surface area contributed by atoms with Gasteiger partial charge >= 0.3 is 19.5 Å². The number of fused-ring (bicyclic) bond motifs is 1. The topological polar surface area (TPSA) is 45.4 Å². The van der Waals surface area contributed by atoms with Crippen molar-refractivity contribution in [1.29, 1.82) is 0 Å². The Morgan fingerprint density at radius 2 is 2.18 bits per heavy atom. The summed E-state index contributed by atoms with van der Waals surface area (Å²) in [7, 11) is 0. The maximum atomic E-state index is 10.3. The molecule has 1 heterocycles. The van der Waals surface area contributed by atoms with Crippen LogP contribution in [-0.2, 0) is 25.1 Å². The summed E-state index contributed by atoms with van der Waals surface area (Å²) in [6, 6.07) is 7.58. The van der Waals surface area contributed by atoms with Crippen molar-refractivity contribution in [3.63, 3.8) is 0 Å². The number of likely N-dealkylation sites (N-methyl/N-ethyl adjacent to an activating group) is 1. The summed E-state index contributed by atoms with van der Waals surface area (Å²) in [5.74, 6) is 0. The molecule has 2 aromatic rings. The summed E-state index contributed by atoms with van der Waals surface area (Å²) in [5, 5.41) is 14.3. The largest absolute Gasteiger partial charge is 1.00 e. The average Bonchev–Trinajstić information content (AvgIpc) is 2.73. The third-order valence-electron chi connectivity index (χ3n) is 2.62. The van der Waals surface area contributed by atoms with Crippen LogP contribution < -0.4 is 5.32 Å². The number of aliphatic hydroxyl groups is 1. The van der Waals surface area contributed by atoms with E-state index < -0.39 is 5.60 Å². The standard InChI is InChI=1S/C13H16NO2.Ru/c1-3-14-9-13(2,15)11-4-5-12-10(8-11)6-7-16-12;/h4-9,14-15H,3H2,1-2H3;/q-1;+1. The molecule has 0 amide bonds. The van der Waals surface area contributed by atoms with E-state index in [1.165, 1.54) is 0 Å². The Kier molecular flexibility index (Phi) is 4.87. The Labute approximate surface area is 114 Å². The van der Waals surface area contributed by atoms with E-state index >= 15 is 0 Å². The molecule has 2 N–H and O–H groups in total. The van der Waals surface area contributed by atoms with E-state index in [2.05, 4.69) is 5.32 Å². The van der Waals surface area contributed by atoms with Gasteiger partial charge in [-0.15, -0.1) is 0 Å². The number of nitrogens with one attached hydrogen (secondary N) is 1. The molecule has 93 valence electrons. The molecule has 3 nitrogen and oxygen atoms in total. The molecule has 2 rings (SSSR count). The minimum Gasteiger partial charge on any atom is -0.467 e. The molecule has 0 aliphatic carbocycles. The van der Waals surface area contributed by atoms with Crippen molar-refractivity contribution in [3.05, 3.63) is 42.6 Å². The molecule has 0 fully saturated rings. The Balaban J connectivity index is 0.00000144. The van der Waals surface area contributed by atoms with Gasteiger partial charge in [0.05, 0.1) is 6.26 Å². The number of hydrogen-bond acceptors (Lipinski definition) is 3. The van der Waals surface area contributed by atoms with Crippen LogP contribution in [0.5, 0.6) is 0 Å². The van der Waals surface area contributed by atoms with Crippen molar-refractivity contribution in [2.45, 2.75) is 19.4 Å². The molecular weight excluding hydrogens is 303 g/mol. The second-order valence-corrected chi connectivity index (χ2v) is 4.02. The molecule has 1 atom stereocenters. The van der Waals surface area contributed by atoms with Crippen LogP contribution in [-0.4, -0.2) is 11.7 Å². The Bertz CT molecular complexity index is 479. The summed E-state index contributed by atoms with van der Waals surface area (Å²) in [4.78, 5) is 0. The zero-order valence-electron chi connectivity index (χ0n) is 9.88. The van der Waals surface area contributed by atoms with Gasteiger partial charge in [0.2, 0.25) is 0 Å². The van der Waals surface area contributed by atoms with Crippen LogP contribution in [0.1, 0.15) is 19.4 Å². The van der Waals surface area contributed by atoms with Gasteiger partial charge in [0.25, 0.3) is 0 Å². The van der Waals surface area contributed by atoms with Crippen LogP contribution in [0.2, 0.25) is 0 Å². The van der Waals surface area contributed by atoms with Crippen molar-refractivity contribution in [2.75, 3.05) is 6.54 Å². The maximum Gasteiger partial charge on any atom is 1.00 e. The first-order valence-corrected chi connectivity index (χ1v) is 5.41. The molecule has 17 heavy (non-hydrogen) atoms. The quantitative estimate of drug-likeness (QED) is 0.672. The normalized spacial score (nSPS) is 14.3. The second kappa shape index (κ2) is 5.77. The molecule has 1 unspecified atom stereocenters. The predicted molar refractivity (Wildman–Crippen MR) is 63.8 cm³/mol. The fourth-order valence-corrected chi connectivity index (χ4v) is 1.67. The minimum atomic E-state index is -0.971. The fraction of sp³-hybridized carbons (Fsp3) is 0.308. The van der Waals surface area contributed by atoms with Crippen molar-refractivity contribution in [3.8, 4) is 0 Å². The smallest absolute Gasteiger partial charge is 0.467 e. The van der Waals surface area contributed by atoms with Gasteiger partial charge in [0.1, 0.15) is 5.58 Å². The van der Waals surface area contributed by atoms with Gasteiger partial charge < -0.3 is 14.8 Å². The van der Waals surface area contributed by atoms with Crippen LogP contribution in [0.4, 0.5) is 0 Å². The SMILES string of the molecule is CCN[CH-]C(C)(O)c1ccc2occc2c1.[Ru+]. The van der Waals surface area contributed by atoms with Gasteiger partial charge in [-0.05, 0) is 35.9 Å². The van der Waals surface area contributed by atoms with Crippen LogP contribution >= 0.6 is 0 Å². The zero-order chi connectivity index (χ0) is 11.6.